The molecule has 22 heavy (non-hydrogen) atoms. The van der Waals surface area contributed by atoms with Crippen molar-refractivity contribution < 1.29 is 19.4 Å². The highest BCUT2D eigenvalue weighted by atomic mass is 16.5. The lowest BCUT2D eigenvalue weighted by atomic mass is 9.81. The number of amides is 1. The summed E-state index contributed by atoms with van der Waals surface area (Å²) in [7, 11) is 1.59. The van der Waals surface area contributed by atoms with Gasteiger partial charge in [0.25, 0.3) is 0 Å². The SMILES string of the molecule is COc1ccc(C=CC(=O)NC2(C(=O)O)CCCCC2)cc1. The Kier molecular flexibility index (Phi) is 5.20. The maximum absolute atomic E-state index is 12.0. The van der Waals surface area contributed by atoms with Gasteiger partial charge in [0.05, 0.1) is 7.11 Å². The van der Waals surface area contributed by atoms with Crippen LogP contribution in [0.15, 0.2) is 30.3 Å². The first-order valence-corrected chi connectivity index (χ1v) is 7.43. The van der Waals surface area contributed by atoms with E-state index < -0.39 is 11.5 Å². The molecule has 0 bridgehead atoms. The van der Waals surface area contributed by atoms with Crippen molar-refractivity contribution >= 4 is 18.0 Å². The highest BCUT2D eigenvalue weighted by Crippen LogP contribution is 2.28. The number of carbonyl (C=O) groups is 2. The molecule has 2 rings (SSSR count). The number of hydrogen-bond acceptors (Lipinski definition) is 3. The van der Waals surface area contributed by atoms with Crippen molar-refractivity contribution in [1.29, 1.82) is 0 Å². The fourth-order valence-corrected chi connectivity index (χ4v) is 2.71. The van der Waals surface area contributed by atoms with Gasteiger partial charge in [-0.05, 0) is 36.6 Å². The lowest BCUT2D eigenvalue weighted by Crippen LogP contribution is -2.55. The molecule has 118 valence electrons. The fourth-order valence-electron chi connectivity index (χ4n) is 2.71. The average molecular weight is 303 g/mol. The zero-order chi connectivity index (χ0) is 16.0. The molecule has 0 radical (unpaired) electrons. The fraction of sp³-hybridized carbons (Fsp3) is 0.412. The van der Waals surface area contributed by atoms with Gasteiger partial charge >= 0.3 is 5.97 Å². The number of aliphatic carboxylic acids is 1. The molecule has 1 fully saturated rings. The first-order chi connectivity index (χ1) is 10.6. The molecule has 5 nitrogen and oxygen atoms in total. The summed E-state index contributed by atoms with van der Waals surface area (Å²) in [6, 6.07) is 7.27. The van der Waals surface area contributed by atoms with Crippen molar-refractivity contribution in [2.24, 2.45) is 0 Å². The highest BCUT2D eigenvalue weighted by molar-refractivity contribution is 5.95. The Balaban J connectivity index is 2.01. The highest BCUT2D eigenvalue weighted by Gasteiger charge is 2.40. The second-order valence-electron chi connectivity index (χ2n) is 5.54. The van der Waals surface area contributed by atoms with Crippen LogP contribution in [0.4, 0.5) is 0 Å². The zero-order valence-corrected chi connectivity index (χ0v) is 12.7. The Morgan fingerprint density at radius 1 is 1.18 bits per heavy atom. The van der Waals surface area contributed by atoms with Crippen LogP contribution in [0.3, 0.4) is 0 Å². The van der Waals surface area contributed by atoms with E-state index in [9.17, 15) is 14.7 Å². The third-order valence-corrected chi connectivity index (χ3v) is 4.02. The summed E-state index contributed by atoms with van der Waals surface area (Å²) in [5.41, 5.74) is -0.261. The van der Waals surface area contributed by atoms with Gasteiger partial charge in [-0.2, -0.15) is 0 Å². The summed E-state index contributed by atoms with van der Waals surface area (Å²) in [6.45, 7) is 0. The molecule has 0 aliphatic heterocycles. The topological polar surface area (TPSA) is 75.6 Å². The van der Waals surface area contributed by atoms with Crippen molar-refractivity contribution in [2.75, 3.05) is 7.11 Å². The number of hydrogen-bond donors (Lipinski definition) is 2. The lowest BCUT2D eigenvalue weighted by molar-refractivity contribution is -0.148. The van der Waals surface area contributed by atoms with Gasteiger partial charge in [-0.25, -0.2) is 4.79 Å². The number of carbonyl (C=O) groups excluding carboxylic acids is 1. The predicted molar refractivity (Wildman–Crippen MR) is 83.6 cm³/mol. The van der Waals surface area contributed by atoms with Gasteiger partial charge in [-0.1, -0.05) is 31.4 Å². The normalized spacial score (nSPS) is 17.1. The Hall–Kier alpha value is -2.30. The van der Waals surface area contributed by atoms with Crippen molar-refractivity contribution in [3.63, 3.8) is 0 Å². The summed E-state index contributed by atoms with van der Waals surface area (Å²) in [6.07, 6.45) is 6.69. The summed E-state index contributed by atoms with van der Waals surface area (Å²) in [5.74, 6) is -0.577. The van der Waals surface area contributed by atoms with Crippen molar-refractivity contribution in [3.05, 3.63) is 35.9 Å². The van der Waals surface area contributed by atoms with E-state index >= 15 is 0 Å². The maximum atomic E-state index is 12.0. The average Bonchev–Trinajstić information content (AvgIpc) is 2.54. The molecule has 0 saturated heterocycles. The molecule has 0 aromatic heterocycles. The second kappa shape index (κ2) is 7.11. The van der Waals surface area contributed by atoms with Crippen LogP contribution in [0.2, 0.25) is 0 Å². The number of ether oxygens (including phenoxy) is 1. The van der Waals surface area contributed by atoms with Gasteiger partial charge in [0.15, 0.2) is 0 Å². The third kappa shape index (κ3) is 3.87. The molecule has 1 aromatic rings. The minimum atomic E-state index is -1.11. The van der Waals surface area contributed by atoms with Gasteiger partial charge in [0.1, 0.15) is 11.3 Å². The second-order valence-corrected chi connectivity index (χ2v) is 5.54. The van der Waals surface area contributed by atoms with Gasteiger partial charge in [0.2, 0.25) is 5.91 Å². The van der Waals surface area contributed by atoms with Crippen molar-refractivity contribution in [3.8, 4) is 5.75 Å². The van der Waals surface area contributed by atoms with Crippen LogP contribution in [-0.4, -0.2) is 29.6 Å². The monoisotopic (exact) mass is 303 g/mol. The smallest absolute Gasteiger partial charge is 0.329 e. The van der Waals surface area contributed by atoms with Gasteiger partial charge in [-0.3, -0.25) is 4.79 Å². The number of benzene rings is 1. The standard InChI is InChI=1S/C17H21NO4/c1-22-14-8-5-13(6-9-14)7-10-15(19)18-17(16(20)21)11-3-2-4-12-17/h5-10H,2-4,11-12H2,1H3,(H,18,19)(H,20,21). The third-order valence-electron chi connectivity index (χ3n) is 4.02. The number of methoxy groups -OCH3 is 1. The van der Waals surface area contributed by atoms with E-state index in [2.05, 4.69) is 5.32 Å². The zero-order valence-electron chi connectivity index (χ0n) is 12.7. The molecule has 1 amide bonds. The van der Waals surface area contributed by atoms with E-state index in [1.54, 1.807) is 25.3 Å². The molecule has 0 spiro atoms. The van der Waals surface area contributed by atoms with E-state index in [-0.39, 0.29) is 5.91 Å². The lowest BCUT2D eigenvalue weighted by Gasteiger charge is -2.33. The Bertz CT molecular complexity index is 557. The molecule has 0 atom stereocenters. The molecule has 1 saturated carbocycles. The quantitative estimate of drug-likeness (QED) is 0.820. The molecule has 2 N–H and O–H groups in total. The molecule has 1 aliphatic rings. The molecule has 1 aliphatic carbocycles. The molecular formula is C17H21NO4. The molecule has 0 unspecified atom stereocenters. The number of rotatable bonds is 5. The van der Waals surface area contributed by atoms with Crippen molar-refractivity contribution in [2.45, 2.75) is 37.6 Å². The molecular weight excluding hydrogens is 282 g/mol. The molecule has 5 heteroatoms. The van der Waals surface area contributed by atoms with Crippen LogP contribution in [0, 0.1) is 0 Å². The first kappa shape index (κ1) is 16.1. The van der Waals surface area contributed by atoms with Crippen molar-refractivity contribution in [1.82, 2.24) is 5.32 Å². The van der Waals surface area contributed by atoms with E-state index in [4.69, 9.17) is 4.74 Å². The van der Waals surface area contributed by atoms with Gasteiger partial charge in [-0.15, -0.1) is 0 Å². The van der Waals surface area contributed by atoms with E-state index in [1.165, 1.54) is 6.08 Å². The largest absolute Gasteiger partial charge is 0.497 e. The number of carboxylic acid groups (broad SMARTS) is 1. The van der Waals surface area contributed by atoms with Gasteiger partial charge in [0, 0.05) is 6.08 Å². The van der Waals surface area contributed by atoms with Gasteiger partial charge < -0.3 is 15.2 Å². The minimum Gasteiger partial charge on any atom is -0.497 e. The minimum absolute atomic E-state index is 0.375. The Morgan fingerprint density at radius 2 is 1.82 bits per heavy atom. The summed E-state index contributed by atoms with van der Waals surface area (Å²) in [5, 5.41) is 12.1. The summed E-state index contributed by atoms with van der Waals surface area (Å²) in [4.78, 5) is 23.5. The van der Waals surface area contributed by atoms with Crippen LogP contribution in [0.5, 0.6) is 5.75 Å². The Morgan fingerprint density at radius 3 is 2.36 bits per heavy atom. The molecule has 0 heterocycles. The van der Waals surface area contributed by atoms with Crippen LogP contribution in [0.1, 0.15) is 37.7 Å². The predicted octanol–water partition coefficient (Wildman–Crippen LogP) is 2.61. The first-order valence-electron chi connectivity index (χ1n) is 7.43. The maximum Gasteiger partial charge on any atom is 0.329 e. The number of nitrogens with one attached hydrogen (secondary N) is 1. The Labute approximate surface area is 130 Å². The summed E-state index contributed by atoms with van der Waals surface area (Å²) >= 11 is 0. The van der Waals surface area contributed by atoms with Crippen LogP contribution >= 0.6 is 0 Å². The van der Waals surface area contributed by atoms with E-state index in [1.807, 2.05) is 12.1 Å². The van der Waals surface area contributed by atoms with E-state index in [0.29, 0.717) is 12.8 Å². The van der Waals surface area contributed by atoms with Crippen LogP contribution < -0.4 is 10.1 Å². The van der Waals surface area contributed by atoms with Crippen LogP contribution in [0.25, 0.3) is 6.08 Å². The summed E-state index contributed by atoms with van der Waals surface area (Å²) < 4.78 is 5.07. The van der Waals surface area contributed by atoms with Crippen LogP contribution in [-0.2, 0) is 9.59 Å². The molecule has 1 aromatic carbocycles. The van der Waals surface area contributed by atoms with E-state index in [0.717, 1.165) is 30.6 Å². The number of carboxylic acids is 1.